The van der Waals surface area contributed by atoms with Crippen LogP contribution in [0.25, 0.3) is 0 Å². The molecule has 1 rings (SSSR count). The van der Waals surface area contributed by atoms with Crippen LogP contribution in [0.15, 0.2) is 0 Å². The number of esters is 1. The van der Waals surface area contributed by atoms with Crippen LogP contribution in [0.1, 0.15) is 67.2 Å². The third kappa shape index (κ3) is 5.78. The van der Waals surface area contributed by atoms with Gasteiger partial charge in [0.25, 0.3) is 0 Å². The van der Waals surface area contributed by atoms with Gasteiger partial charge in [0.1, 0.15) is 11.9 Å². The molecule has 0 amide bonds. The van der Waals surface area contributed by atoms with E-state index in [1.807, 2.05) is 20.8 Å². The predicted molar refractivity (Wildman–Crippen MR) is 96.9 cm³/mol. The van der Waals surface area contributed by atoms with Crippen molar-refractivity contribution in [3.8, 4) is 0 Å². The molecule has 0 radical (unpaired) electrons. The third-order valence-electron chi connectivity index (χ3n) is 5.94. The number of aliphatic hydroxyl groups is 2. The van der Waals surface area contributed by atoms with Gasteiger partial charge in [-0.15, -0.1) is 0 Å². The van der Waals surface area contributed by atoms with E-state index in [1.54, 1.807) is 13.8 Å². The highest BCUT2D eigenvalue weighted by atomic mass is 16.5. The minimum atomic E-state index is -0.845. The van der Waals surface area contributed by atoms with Crippen LogP contribution in [-0.2, 0) is 14.3 Å². The number of hydrogen-bond donors (Lipinski definition) is 2. The normalized spacial score (nSPS) is 42.6. The number of aliphatic hydroxyl groups excluding tert-OH is 2. The number of ether oxygens (including phenoxy) is 1. The summed E-state index contributed by atoms with van der Waals surface area (Å²) in [6.45, 7) is 11.1. The highest BCUT2D eigenvalue weighted by Gasteiger charge is 2.36. The SMILES string of the molecule is CC[C@H]1OC(=O)[C@H](C)[C@@H](O)[C@H](C)C[C@@H](C)CCC(=O)[C@H](C)[C@@H](O)[C@H]1C. The highest BCUT2D eigenvalue weighted by Crippen LogP contribution is 2.28. The Kier molecular flexibility index (Phi) is 8.55. The molecular weight excluding hydrogens is 320 g/mol. The summed E-state index contributed by atoms with van der Waals surface area (Å²) in [7, 11) is 0. The summed E-state index contributed by atoms with van der Waals surface area (Å²) in [5, 5.41) is 21.1. The lowest BCUT2D eigenvalue weighted by molar-refractivity contribution is -0.164. The van der Waals surface area contributed by atoms with Crippen LogP contribution in [0.2, 0.25) is 0 Å². The second-order valence-corrected chi connectivity index (χ2v) is 8.12. The third-order valence-corrected chi connectivity index (χ3v) is 5.94. The lowest BCUT2D eigenvalue weighted by atomic mass is 9.81. The molecule has 1 saturated heterocycles. The number of cyclic esters (lactones) is 1. The largest absolute Gasteiger partial charge is 0.462 e. The van der Waals surface area contributed by atoms with E-state index < -0.39 is 36.1 Å². The molecule has 0 aliphatic carbocycles. The number of Topliss-reactive ketones (excluding diaryl/α,β-unsaturated/α-hetero) is 1. The lowest BCUT2D eigenvalue weighted by Crippen LogP contribution is -2.42. The second kappa shape index (κ2) is 9.67. The molecule has 5 nitrogen and oxygen atoms in total. The summed E-state index contributed by atoms with van der Waals surface area (Å²) in [6.07, 6.45) is 0.382. The van der Waals surface area contributed by atoms with Crippen molar-refractivity contribution in [3.05, 3.63) is 0 Å². The van der Waals surface area contributed by atoms with Crippen molar-refractivity contribution in [3.63, 3.8) is 0 Å². The Balaban J connectivity index is 3.05. The van der Waals surface area contributed by atoms with E-state index in [9.17, 15) is 19.8 Å². The summed E-state index contributed by atoms with van der Waals surface area (Å²) < 4.78 is 5.60. The monoisotopic (exact) mass is 356 g/mol. The smallest absolute Gasteiger partial charge is 0.311 e. The molecule has 1 aliphatic rings. The van der Waals surface area contributed by atoms with Gasteiger partial charge in [0.2, 0.25) is 0 Å². The van der Waals surface area contributed by atoms with Gasteiger partial charge in [-0.2, -0.15) is 0 Å². The molecule has 0 saturated carbocycles. The van der Waals surface area contributed by atoms with Crippen LogP contribution in [0.3, 0.4) is 0 Å². The zero-order chi connectivity index (χ0) is 19.3. The second-order valence-electron chi connectivity index (χ2n) is 8.12. The first-order valence-electron chi connectivity index (χ1n) is 9.69. The van der Waals surface area contributed by atoms with E-state index in [1.165, 1.54) is 0 Å². The van der Waals surface area contributed by atoms with Crippen molar-refractivity contribution in [1.82, 2.24) is 0 Å². The van der Waals surface area contributed by atoms with E-state index in [0.29, 0.717) is 12.8 Å². The molecule has 1 heterocycles. The van der Waals surface area contributed by atoms with Crippen LogP contribution in [0, 0.1) is 29.6 Å². The summed E-state index contributed by atoms with van der Waals surface area (Å²) in [5.74, 6) is -1.59. The Bertz CT molecular complexity index is 449. The van der Waals surface area contributed by atoms with Crippen LogP contribution in [0.5, 0.6) is 0 Å². The van der Waals surface area contributed by atoms with Gasteiger partial charge in [-0.1, -0.05) is 34.6 Å². The van der Waals surface area contributed by atoms with Gasteiger partial charge in [-0.25, -0.2) is 0 Å². The first-order chi connectivity index (χ1) is 11.6. The van der Waals surface area contributed by atoms with Crippen LogP contribution < -0.4 is 0 Å². The molecule has 1 fully saturated rings. The molecular formula is C20H36O5. The van der Waals surface area contributed by atoms with Gasteiger partial charge in [0, 0.05) is 18.3 Å². The fraction of sp³-hybridized carbons (Fsp3) is 0.900. The quantitative estimate of drug-likeness (QED) is 0.706. The van der Waals surface area contributed by atoms with Gasteiger partial charge < -0.3 is 14.9 Å². The molecule has 0 aromatic carbocycles. The maximum absolute atomic E-state index is 12.5. The van der Waals surface area contributed by atoms with Crippen molar-refractivity contribution in [2.45, 2.75) is 85.5 Å². The van der Waals surface area contributed by atoms with Crippen molar-refractivity contribution in [1.29, 1.82) is 0 Å². The highest BCUT2D eigenvalue weighted by molar-refractivity contribution is 5.81. The van der Waals surface area contributed by atoms with Gasteiger partial charge in [-0.05, 0) is 38.0 Å². The maximum Gasteiger partial charge on any atom is 0.311 e. The van der Waals surface area contributed by atoms with Gasteiger partial charge >= 0.3 is 5.97 Å². The molecule has 2 N–H and O–H groups in total. The predicted octanol–water partition coefficient (Wildman–Crippen LogP) is 2.96. The summed E-state index contributed by atoms with van der Waals surface area (Å²) in [5.41, 5.74) is 0. The number of carbonyl (C=O) groups excluding carboxylic acids is 2. The number of ketones is 1. The fourth-order valence-electron chi connectivity index (χ4n) is 3.83. The number of rotatable bonds is 1. The number of hydrogen-bond acceptors (Lipinski definition) is 5. The fourth-order valence-corrected chi connectivity index (χ4v) is 3.83. The standard InChI is InChI=1S/C20H36O5/c1-7-17-14(5)19(23)13(4)16(21)9-8-11(2)10-12(3)18(22)15(6)20(24)25-17/h11-15,17-19,22-23H,7-10H2,1-6H3/t11-,12+,13-,14-,15+,17+,18-,19+/m0/s1. The maximum atomic E-state index is 12.5. The Labute approximate surface area is 152 Å². The average molecular weight is 357 g/mol. The molecule has 0 aromatic rings. The Morgan fingerprint density at radius 3 is 2.16 bits per heavy atom. The van der Waals surface area contributed by atoms with E-state index in [4.69, 9.17) is 4.74 Å². The zero-order valence-corrected chi connectivity index (χ0v) is 16.6. The van der Waals surface area contributed by atoms with Crippen LogP contribution in [-0.4, -0.2) is 40.3 Å². The summed E-state index contributed by atoms with van der Waals surface area (Å²) >= 11 is 0. The first-order valence-corrected chi connectivity index (χ1v) is 9.69. The van der Waals surface area contributed by atoms with E-state index in [-0.39, 0.29) is 23.5 Å². The Morgan fingerprint density at radius 2 is 1.60 bits per heavy atom. The molecule has 0 bridgehead atoms. The topological polar surface area (TPSA) is 83.8 Å². The van der Waals surface area contributed by atoms with Gasteiger partial charge in [0.05, 0.1) is 18.1 Å². The minimum absolute atomic E-state index is 0.0453. The first kappa shape index (κ1) is 22.1. The molecule has 25 heavy (non-hydrogen) atoms. The van der Waals surface area contributed by atoms with Crippen molar-refractivity contribution in [2.24, 2.45) is 29.6 Å². The van der Waals surface area contributed by atoms with Crippen molar-refractivity contribution >= 4 is 11.8 Å². The van der Waals surface area contributed by atoms with Gasteiger partial charge in [-0.3, -0.25) is 9.59 Å². The van der Waals surface area contributed by atoms with E-state index >= 15 is 0 Å². The molecule has 5 heteroatoms. The van der Waals surface area contributed by atoms with Crippen molar-refractivity contribution in [2.75, 3.05) is 0 Å². The molecule has 146 valence electrons. The number of carbonyl (C=O) groups is 2. The Morgan fingerprint density at radius 1 is 1.00 bits per heavy atom. The van der Waals surface area contributed by atoms with E-state index in [2.05, 4.69) is 6.92 Å². The molecule has 8 atom stereocenters. The Hall–Kier alpha value is -0.940. The summed E-state index contributed by atoms with van der Waals surface area (Å²) in [6, 6.07) is 0. The molecule has 0 unspecified atom stereocenters. The van der Waals surface area contributed by atoms with Crippen molar-refractivity contribution < 1.29 is 24.5 Å². The molecule has 0 aromatic heterocycles. The summed E-state index contributed by atoms with van der Waals surface area (Å²) in [4.78, 5) is 24.9. The van der Waals surface area contributed by atoms with Gasteiger partial charge in [0.15, 0.2) is 0 Å². The van der Waals surface area contributed by atoms with Crippen LogP contribution >= 0.6 is 0 Å². The lowest BCUT2D eigenvalue weighted by Gasteiger charge is -2.33. The van der Waals surface area contributed by atoms with E-state index in [0.717, 1.165) is 12.8 Å². The molecule has 0 spiro atoms. The molecule has 1 aliphatic heterocycles. The zero-order valence-electron chi connectivity index (χ0n) is 16.6. The average Bonchev–Trinajstić information content (AvgIpc) is 2.59. The minimum Gasteiger partial charge on any atom is -0.462 e. The van der Waals surface area contributed by atoms with Crippen LogP contribution in [0.4, 0.5) is 0 Å².